The van der Waals surface area contributed by atoms with Gasteiger partial charge in [-0.05, 0) is 56.8 Å². The Morgan fingerprint density at radius 2 is 2.10 bits per heavy atom. The zero-order valence-corrected chi connectivity index (χ0v) is 13.2. The fraction of sp³-hybridized carbons (Fsp3) is 0.588. The summed E-state index contributed by atoms with van der Waals surface area (Å²) in [6.07, 6.45) is 4.19. The first-order valence-corrected chi connectivity index (χ1v) is 8.24. The molecule has 1 aromatic carbocycles. The molecule has 2 aliphatic rings. The number of carbonyl (C=O) groups excluding carboxylic acids is 1. The van der Waals surface area contributed by atoms with Crippen LogP contribution in [0.1, 0.15) is 38.2 Å². The molecule has 0 radical (unpaired) electrons. The van der Waals surface area contributed by atoms with Crippen LogP contribution in [0.15, 0.2) is 24.3 Å². The van der Waals surface area contributed by atoms with Crippen molar-refractivity contribution >= 4 is 17.5 Å². The molecule has 1 saturated heterocycles. The molecule has 1 aliphatic heterocycles. The van der Waals surface area contributed by atoms with Gasteiger partial charge in [0.1, 0.15) is 0 Å². The molecule has 1 aromatic rings. The average Bonchev–Trinajstić information content (AvgIpc) is 3.27. The van der Waals surface area contributed by atoms with Crippen molar-refractivity contribution in [2.75, 3.05) is 13.1 Å². The van der Waals surface area contributed by atoms with Gasteiger partial charge in [0.25, 0.3) is 0 Å². The van der Waals surface area contributed by atoms with Gasteiger partial charge in [-0.3, -0.25) is 4.79 Å². The van der Waals surface area contributed by atoms with Crippen LogP contribution < -0.4 is 10.6 Å². The van der Waals surface area contributed by atoms with Gasteiger partial charge in [-0.2, -0.15) is 0 Å². The Labute approximate surface area is 131 Å². The smallest absolute Gasteiger partial charge is 0.223 e. The van der Waals surface area contributed by atoms with Crippen molar-refractivity contribution in [2.45, 2.75) is 44.1 Å². The lowest BCUT2D eigenvalue weighted by Crippen LogP contribution is -2.44. The lowest BCUT2D eigenvalue weighted by molar-refractivity contribution is -0.126. The highest BCUT2D eigenvalue weighted by atomic mass is 35.5. The zero-order valence-electron chi connectivity index (χ0n) is 12.5. The molecule has 3 rings (SSSR count). The molecule has 1 heterocycles. The Hall–Kier alpha value is -1.06. The molecule has 0 spiro atoms. The van der Waals surface area contributed by atoms with E-state index in [-0.39, 0.29) is 17.2 Å². The van der Waals surface area contributed by atoms with Crippen molar-refractivity contribution in [2.24, 2.45) is 5.92 Å². The van der Waals surface area contributed by atoms with Crippen LogP contribution in [0, 0.1) is 5.92 Å². The number of rotatable bonds is 4. The van der Waals surface area contributed by atoms with E-state index in [1.165, 1.54) is 5.56 Å². The minimum Gasteiger partial charge on any atom is -0.355 e. The molecule has 2 fully saturated rings. The topological polar surface area (TPSA) is 41.1 Å². The Balaban J connectivity index is 1.57. The second-order valence-corrected chi connectivity index (χ2v) is 7.02. The molecule has 114 valence electrons. The maximum absolute atomic E-state index is 12.3. The largest absolute Gasteiger partial charge is 0.355 e. The summed E-state index contributed by atoms with van der Waals surface area (Å²) in [6, 6.07) is 8.50. The van der Waals surface area contributed by atoms with Crippen molar-refractivity contribution in [3.8, 4) is 0 Å². The number of hydrogen-bond acceptors (Lipinski definition) is 2. The fourth-order valence-corrected chi connectivity index (χ4v) is 3.42. The van der Waals surface area contributed by atoms with Gasteiger partial charge in [0.15, 0.2) is 0 Å². The van der Waals surface area contributed by atoms with Crippen LogP contribution in [0.4, 0.5) is 0 Å². The first-order valence-electron chi connectivity index (χ1n) is 7.86. The van der Waals surface area contributed by atoms with Gasteiger partial charge in [0.2, 0.25) is 5.91 Å². The summed E-state index contributed by atoms with van der Waals surface area (Å²) in [5.41, 5.74) is 1.45. The minimum atomic E-state index is 0.152. The van der Waals surface area contributed by atoms with Crippen molar-refractivity contribution in [1.29, 1.82) is 0 Å². The molecule has 1 aliphatic carbocycles. The molecular formula is C17H23ClN2O. The van der Waals surface area contributed by atoms with E-state index < -0.39 is 0 Å². The van der Waals surface area contributed by atoms with Gasteiger partial charge in [0, 0.05) is 28.9 Å². The van der Waals surface area contributed by atoms with Crippen molar-refractivity contribution in [1.82, 2.24) is 10.6 Å². The van der Waals surface area contributed by atoms with E-state index in [1.54, 1.807) is 0 Å². The molecule has 21 heavy (non-hydrogen) atoms. The van der Waals surface area contributed by atoms with Gasteiger partial charge in [-0.25, -0.2) is 0 Å². The second-order valence-electron chi connectivity index (χ2n) is 6.58. The molecule has 4 heteroatoms. The lowest BCUT2D eigenvalue weighted by atomic mass is 9.91. The highest BCUT2D eigenvalue weighted by molar-refractivity contribution is 6.30. The third kappa shape index (κ3) is 3.41. The Bertz CT molecular complexity index is 510. The summed E-state index contributed by atoms with van der Waals surface area (Å²) in [4.78, 5) is 12.3. The average molecular weight is 307 g/mol. The molecule has 3 nitrogen and oxygen atoms in total. The molecule has 0 unspecified atom stereocenters. The van der Waals surface area contributed by atoms with Crippen LogP contribution in [0.25, 0.3) is 0 Å². The number of halogens is 1. The third-order valence-electron chi connectivity index (χ3n) is 4.91. The van der Waals surface area contributed by atoms with Crippen molar-refractivity contribution in [3.63, 3.8) is 0 Å². The highest BCUT2D eigenvalue weighted by Gasteiger charge is 2.44. The molecule has 2 N–H and O–H groups in total. The number of piperidine rings is 1. The lowest BCUT2D eigenvalue weighted by Gasteiger charge is -2.28. The summed E-state index contributed by atoms with van der Waals surface area (Å²) in [6.45, 7) is 3.85. The third-order valence-corrected chi connectivity index (χ3v) is 5.16. The van der Waals surface area contributed by atoms with E-state index in [2.05, 4.69) is 29.7 Å². The Morgan fingerprint density at radius 1 is 1.38 bits per heavy atom. The van der Waals surface area contributed by atoms with E-state index in [4.69, 9.17) is 11.6 Å². The summed E-state index contributed by atoms with van der Waals surface area (Å²) >= 11 is 5.95. The quantitative estimate of drug-likeness (QED) is 0.898. The standard InChI is InChI=1S/C17H23ClN2O/c1-12-10-13(6-9-19-12)16(21)20-11-17(7-8-17)14-2-4-15(18)5-3-14/h2-5,12-13,19H,6-11H2,1H3,(H,20,21)/t12-,13-/m0/s1. The Kier molecular flexibility index (Phi) is 4.23. The number of benzene rings is 1. The summed E-state index contributed by atoms with van der Waals surface area (Å²) < 4.78 is 0. The van der Waals surface area contributed by atoms with E-state index in [9.17, 15) is 4.79 Å². The van der Waals surface area contributed by atoms with Crippen LogP contribution in [0.3, 0.4) is 0 Å². The van der Waals surface area contributed by atoms with Gasteiger partial charge < -0.3 is 10.6 Å². The predicted octanol–water partition coefficient (Wildman–Crippen LogP) is 2.88. The highest BCUT2D eigenvalue weighted by Crippen LogP contribution is 2.47. The van der Waals surface area contributed by atoms with Gasteiger partial charge in [-0.1, -0.05) is 23.7 Å². The molecule has 1 saturated carbocycles. The fourth-order valence-electron chi connectivity index (χ4n) is 3.29. The van der Waals surface area contributed by atoms with E-state index in [0.717, 1.165) is 43.8 Å². The SMILES string of the molecule is C[C@H]1C[C@@H](C(=O)NCC2(c3ccc(Cl)cc3)CC2)CCN1. The van der Waals surface area contributed by atoms with Crippen LogP contribution in [-0.4, -0.2) is 25.0 Å². The summed E-state index contributed by atoms with van der Waals surface area (Å²) in [5, 5.41) is 7.35. The first kappa shape index (κ1) is 14.9. The van der Waals surface area contributed by atoms with Crippen LogP contribution in [0.2, 0.25) is 5.02 Å². The molecule has 0 aromatic heterocycles. The van der Waals surface area contributed by atoms with Crippen LogP contribution in [-0.2, 0) is 10.2 Å². The minimum absolute atomic E-state index is 0.152. The number of amides is 1. The van der Waals surface area contributed by atoms with Crippen molar-refractivity contribution < 1.29 is 4.79 Å². The van der Waals surface area contributed by atoms with E-state index >= 15 is 0 Å². The number of nitrogens with one attached hydrogen (secondary N) is 2. The van der Waals surface area contributed by atoms with E-state index in [0.29, 0.717) is 6.04 Å². The van der Waals surface area contributed by atoms with Crippen molar-refractivity contribution in [3.05, 3.63) is 34.9 Å². The van der Waals surface area contributed by atoms with Crippen LogP contribution >= 0.6 is 11.6 Å². The molecule has 2 atom stereocenters. The summed E-state index contributed by atoms with van der Waals surface area (Å²) in [5.74, 6) is 0.394. The Morgan fingerprint density at radius 3 is 2.71 bits per heavy atom. The summed E-state index contributed by atoms with van der Waals surface area (Å²) in [7, 11) is 0. The molecular weight excluding hydrogens is 284 g/mol. The number of hydrogen-bond donors (Lipinski definition) is 2. The molecule has 1 amide bonds. The predicted molar refractivity (Wildman–Crippen MR) is 85.6 cm³/mol. The first-order chi connectivity index (χ1) is 10.1. The molecule has 0 bridgehead atoms. The zero-order chi connectivity index (χ0) is 14.9. The van der Waals surface area contributed by atoms with Gasteiger partial charge in [-0.15, -0.1) is 0 Å². The number of carbonyl (C=O) groups is 1. The van der Waals surface area contributed by atoms with Gasteiger partial charge >= 0.3 is 0 Å². The van der Waals surface area contributed by atoms with E-state index in [1.807, 2.05) is 12.1 Å². The van der Waals surface area contributed by atoms with Crippen LogP contribution in [0.5, 0.6) is 0 Å². The maximum atomic E-state index is 12.3. The van der Waals surface area contributed by atoms with Gasteiger partial charge in [0.05, 0.1) is 0 Å². The maximum Gasteiger partial charge on any atom is 0.223 e. The normalized spacial score (nSPS) is 27.1. The second kappa shape index (κ2) is 5.98. The monoisotopic (exact) mass is 306 g/mol.